The first-order chi connectivity index (χ1) is 8.66. The normalized spacial score (nSPS) is 10.7. The Labute approximate surface area is 104 Å². The molecule has 0 radical (unpaired) electrons. The largest absolute Gasteiger partial charge is 0.481 e. The number of carbonyl (C=O) groups is 1. The lowest BCUT2D eigenvalue weighted by molar-refractivity contribution is -0.137. The second-order valence-corrected chi connectivity index (χ2v) is 4.03. The van der Waals surface area contributed by atoms with E-state index in [4.69, 9.17) is 13.9 Å². The van der Waals surface area contributed by atoms with Crippen LogP contribution in [0, 0.1) is 6.92 Å². The standard InChI is InChI=1S/C12H14N2O4/c1-8-6-7-17-11(8)12-14-13-9(18-12)4-2-3-5-10(15)16/h6-7H,2-5H2,1H3,(H,15,16). The van der Waals surface area contributed by atoms with Crippen LogP contribution in [0.2, 0.25) is 0 Å². The Hall–Kier alpha value is -2.11. The number of hydrogen-bond acceptors (Lipinski definition) is 5. The monoisotopic (exact) mass is 250 g/mol. The van der Waals surface area contributed by atoms with Crippen molar-refractivity contribution >= 4 is 5.97 Å². The van der Waals surface area contributed by atoms with Crippen LogP contribution in [-0.4, -0.2) is 21.3 Å². The third-order valence-electron chi connectivity index (χ3n) is 2.55. The molecule has 0 aliphatic carbocycles. The Morgan fingerprint density at radius 3 is 2.89 bits per heavy atom. The molecular formula is C12H14N2O4. The predicted octanol–water partition coefficient (Wildman–Crippen LogP) is 2.44. The molecule has 2 heterocycles. The molecule has 0 spiro atoms. The van der Waals surface area contributed by atoms with Crippen molar-refractivity contribution in [2.24, 2.45) is 0 Å². The first-order valence-electron chi connectivity index (χ1n) is 5.75. The fraction of sp³-hybridized carbons (Fsp3) is 0.417. The highest BCUT2D eigenvalue weighted by Gasteiger charge is 2.13. The van der Waals surface area contributed by atoms with Crippen LogP contribution in [0.4, 0.5) is 0 Å². The minimum absolute atomic E-state index is 0.165. The molecule has 0 aromatic carbocycles. The summed E-state index contributed by atoms with van der Waals surface area (Å²) in [5.41, 5.74) is 0.941. The first kappa shape index (κ1) is 12.3. The third kappa shape index (κ3) is 2.97. The SMILES string of the molecule is Cc1ccoc1-c1nnc(CCCCC(=O)O)o1. The first-order valence-corrected chi connectivity index (χ1v) is 5.75. The Bertz CT molecular complexity index is 530. The highest BCUT2D eigenvalue weighted by Crippen LogP contribution is 2.23. The van der Waals surface area contributed by atoms with Gasteiger partial charge >= 0.3 is 5.97 Å². The van der Waals surface area contributed by atoms with Gasteiger partial charge in [0, 0.05) is 18.4 Å². The highest BCUT2D eigenvalue weighted by atomic mass is 16.4. The van der Waals surface area contributed by atoms with Crippen molar-refractivity contribution in [3.05, 3.63) is 23.8 Å². The lowest BCUT2D eigenvalue weighted by Gasteiger charge is -1.94. The smallest absolute Gasteiger partial charge is 0.303 e. The average molecular weight is 250 g/mol. The topological polar surface area (TPSA) is 89.4 Å². The molecular weight excluding hydrogens is 236 g/mol. The minimum atomic E-state index is -0.785. The second kappa shape index (κ2) is 5.48. The Morgan fingerprint density at radius 1 is 1.39 bits per heavy atom. The van der Waals surface area contributed by atoms with Crippen molar-refractivity contribution in [2.75, 3.05) is 0 Å². The summed E-state index contributed by atoms with van der Waals surface area (Å²) in [6, 6.07) is 1.83. The minimum Gasteiger partial charge on any atom is -0.481 e. The van der Waals surface area contributed by atoms with Crippen LogP contribution < -0.4 is 0 Å². The Kier molecular flexibility index (Phi) is 3.76. The average Bonchev–Trinajstić information content (AvgIpc) is 2.92. The van der Waals surface area contributed by atoms with Crippen molar-refractivity contribution in [3.63, 3.8) is 0 Å². The maximum Gasteiger partial charge on any atom is 0.303 e. The summed E-state index contributed by atoms with van der Waals surface area (Å²) >= 11 is 0. The zero-order valence-corrected chi connectivity index (χ0v) is 10.0. The van der Waals surface area contributed by atoms with Gasteiger partial charge in [0.2, 0.25) is 5.89 Å². The van der Waals surface area contributed by atoms with Crippen LogP contribution >= 0.6 is 0 Å². The molecule has 96 valence electrons. The fourth-order valence-electron chi connectivity index (χ4n) is 1.59. The van der Waals surface area contributed by atoms with E-state index in [0.717, 1.165) is 5.56 Å². The van der Waals surface area contributed by atoms with E-state index in [1.54, 1.807) is 6.26 Å². The van der Waals surface area contributed by atoms with Crippen molar-refractivity contribution < 1.29 is 18.7 Å². The third-order valence-corrected chi connectivity index (χ3v) is 2.55. The number of furan rings is 1. The van der Waals surface area contributed by atoms with E-state index >= 15 is 0 Å². The molecule has 0 aliphatic heterocycles. The summed E-state index contributed by atoms with van der Waals surface area (Å²) < 4.78 is 10.7. The molecule has 0 fully saturated rings. The number of aliphatic carboxylic acids is 1. The molecule has 0 bridgehead atoms. The number of rotatable bonds is 6. The van der Waals surface area contributed by atoms with Gasteiger partial charge in [-0.3, -0.25) is 4.79 Å². The van der Waals surface area contributed by atoms with Gasteiger partial charge < -0.3 is 13.9 Å². The summed E-state index contributed by atoms with van der Waals surface area (Å²) in [5, 5.41) is 16.3. The van der Waals surface area contributed by atoms with E-state index in [9.17, 15) is 4.79 Å². The van der Waals surface area contributed by atoms with Crippen LogP contribution in [0.1, 0.15) is 30.7 Å². The van der Waals surface area contributed by atoms with E-state index in [2.05, 4.69) is 10.2 Å². The lowest BCUT2D eigenvalue weighted by Crippen LogP contribution is -1.95. The molecule has 1 N–H and O–H groups in total. The molecule has 0 unspecified atom stereocenters. The van der Waals surface area contributed by atoms with Gasteiger partial charge in [-0.1, -0.05) is 0 Å². The number of carboxylic acids is 1. The molecule has 2 aromatic rings. The zero-order valence-electron chi connectivity index (χ0n) is 10.0. The van der Waals surface area contributed by atoms with Crippen LogP contribution in [0.25, 0.3) is 11.7 Å². The molecule has 18 heavy (non-hydrogen) atoms. The molecule has 2 rings (SSSR count). The van der Waals surface area contributed by atoms with E-state index in [1.807, 2.05) is 13.0 Å². The summed E-state index contributed by atoms with van der Waals surface area (Å²) in [6.45, 7) is 1.90. The van der Waals surface area contributed by atoms with Crippen LogP contribution in [0.3, 0.4) is 0 Å². The summed E-state index contributed by atoms with van der Waals surface area (Å²) in [7, 11) is 0. The van der Waals surface area contributed by atoms with Crippen LogP contribution in [-0.2, 0) is 11.2 Å². The fourth-order valence-corrected chi connectivity index (χ4v) is 1.59. The van der Waals surface area contributed by atoms with Crippen molar-refractivity contribution in [1.82, 2.24) is 10.2 Å². The van der Waals surface area contributed by atoms with E-state index in [-0.39, 0.29) is 6.42 Å². The van der Waals surface area contributed by atoms with Gasteiger partial charge in [-0.05, 0) is 25.8 Å². The number of aryl methyl sites for hydroxylation is 2. The zero-order chi connectivity index (χ0) is 13.0. The van der Waals surface area contributed by atoms with Crippen LogP contribution in [0.15, 0.2) is 21.2 Å². The Balaban J connectivity index is 1.91. The summed E-state index contributed by atoms with van der Waals surface area (Å²) in [4.78, 5) is 10.3. The molecule has 0 aliphatic rings. The summed E-state index contributed by atoms with van der Waals surface area (Å²) in [5.74, 6) is 0.670. The molecule has 0 saturated carbocycles. The summed E-state index contributed by atoms with van der Waals surface area (Å²) in [6.07, 6.45) is 3.64. The van der Waals surface area contributed by atoms with Gasteiger partial charge in [-0.2, -0.15) is 0 Å². The maximum absolute atomic E-state index is 10.3. The van der Waals surface area contributed by atoms with Gasteiger partial charge in [0.05, 0.1) is 6.26 Å². The van der Waals surface area contributed by atoms with Crippen LogP contribution in [0.5, 0.6) is 0 Å². The second-order valence-electron chi connectivity index (χ2n) is 4.03. The quantitative estimate of drug-likeness (QED) is 0.792. The van der Waals surface area contributed by atoms with Gasteiger partial charge in [-0.25, -0.2) is 0 Å². The molecule has 0 atom stereocenters. The molecule has 6 heteroatoms. The maximum atomic E-state index is 10.3. The Morgan fingerprint density at radius 2 is 2.22 bits per heavy atom. The van der Waals surface area contributed by atoms with Gasteiger partial charge in [0.1, 0.15) is 0 Å². The number of nitrogens with zero attached hydrogens (tertiary/aromatic N) is 2. The van der Waals surface area contributed by atoms with E-state index in [1.165, 1.54) is 0 Å². The van der Waals surface area contributed by atoms with E-state index in [0.29, 0.717) is 36.8 Å². The number of hydrogen-bond donors (Lipinski definition) is 1. The predicted molar refractivity (Wildman–Crippen MR) is 61.9 cm³/mol. The molecule has 2 aromatic heterocycles. The van der Waals surface area contributed by atoms with Crippen molar-refractivity contribution in [2.45, 2.75) is 32.6 Å². The van der Waals surface area contributed by atoms with Crippen molar-refractivity contribution in [1.29, 1.82) is 0 Å². The van der Waals surface area contributed by atoms with Crippen molar-refractivity contribution in [3.8, 4) is 11.7 Å². The highest BCUT2D eigenvalue weighted by molar-refractivity contribution is 5.66. The van der Waals surface area contributed by atoms with E-state index < -0.39 is 5.97 Å². The molecule has 6 nitrogen and oxygen atoms in total. The van der Waals surface area contributed by atoms with Gasteiger partial charge in [-0.15, -0.1) is 10.2 Å². The van der Waals surface area contributed by atoms with Gasteiger partial charge in [0.15, 0.2) is 5.76 Å². The number of carboxylic acid groups (broad SMARTS) is 1. The molecule has 0 saturated heterocycles. The number of aromatic nitrogens is 2. The molecule has 0 amide bonds. The number of unbranched alkanes of at least 4 members (excludes halogenated alkanes) is 1. The van der Waals surface area contributed by atoms with Gasteiger partial charge in [0.25, 0.3) is 5.89 Å². The lowest BCUT2D eigenvalue weighted by atomic mass is 10.2.